The highest BCUT2D eigenvalue weighted by molar-refractivity contribution is 5.99. The molecule has 6 heteroatoms. The minimum atomic E-state index is -1.06. The van der Waals surface area contributed by atoms with Gasteiger partial charge in [0, 0.05) is 17.6 Å². The summed E-state index contributed by atoms with van der Waals surface area (Å²) in [6.07, 6.45) is 0. The Bertz CT molecular complexity index is 670. The Hall–Kier alpha value is -2.63. The zero-order valence-corrected chi connectivity index (χ0v) is 11.0. The second kappa shape index (κ2) is 5.56. The van der Waals surface area contributed by atoms with Crippen LogP contribution in [0.15, 0.2) is 30.3 Å². The number of carbonyl (C=O) groups is 2. The van der Waals surface area contributed by atoms with Crippen molar-refractivity contribution in [3.63, 3.8) is 0 Å². The highest BCUT2D eigenvalue weighted by Crippen LogP contribution is 2.20. The Morgan fingerprint density at radius 2 is 2.05 bits per heavy atom. The van der Waals surface area contributed by atoms with Gasteiger partial charge in [-0.3, -0.25) is 9.59 Å². The van der Waals surface area contributed by atoms with Crippen LogP contribution in [0.5, 0.6) is 0 Å². The molecule has 2 aromatic rings. The van der Waals surface area contributed by atoms with E-state index in [1.165, 1.54) is 11.0 Å². The van der Waals surface area contributed by atoms with Gasteiger partial charge in [0.25, 0.3) is 5.91 Å². The predicted octanol–water partition coefficient (Wildman–Crippen LogP) is 1.36. The topological polar surface area (TPSA) is 96.5 Å². The number of hydrogen-bond acceptors (Lipinski definition) is 4. The average Bonchev–Trinajstić information content (AvgIpc) is 2.43. The monoisotopic (exact) mass is 273 g/mol. The quantitative estimate of drug-likeness (QED) is 0.876. The molecule has 0 radical (unpaired) electrons. The van der Waals surface area contributed by atoms with Crippen LogP contribution in [0.1, 0.15) is 17.4 Å². The first-order valence-corrected chi connectivity index (χ1v) is 6.19. The van der Waals surface area contributed by atoms with E-state index >= 15 is 0 Å². The number of nitrogens with two attached hydrogens (primary N) is 1. The maximum Gasteiger partial charge on any atom is 0.323 e. The summed E-state index contributed by atoms with van der Waals surface area (Å²) in [4.78, 5) is 28.5. The minimum absolute atomic E-state index is 0.157. The number of benzene rings is 1. The fourth-order valence-corrected chi connectivity index (χ4v) is 1.96. The SMILES string of the molecule is CCN(CC(=O)O)C(=O)c1cc(N)c2ccccc2n1. The van der Waals surface area contributed by atoms with Crippen LogP contribution in [0.3, 0.4) is 0 Å². The molecule has 0 aliphatic carbocycles. The zero-order valence-electron chi connectivity index (χ0n) is 11.0. The summed E-state index contributed by atoms with van der Waals surface area (Å²) in [6, 6.07) is 8.70. The molecule has 6 nitrogen and oxygen atoms in total. The summed E-state index contributed by atoms with van der Waals surface area (Å²) < 4.78 is 0. The zero-order chi connectivity index (χ0) is 14.7. The fourth-order valence-electron chi connectivity index (χ4n) is 1.96. The van der Waals surface area contributed by atoms with Gasteiger partial charge >= 0.3 is 5.97 Å². The highest BCUT2D eigenvalue weighted by atomic mass is 16.4. The van der Waals surface area contributed by atoms with E-state index in [4.69, 9.17) is 10.8 Å². The third-order valence-corrected chi connectivity index (χ3v) is 2.96. The Kier molecular flexibility index (Phi) is 3.84. The largest absolute Gasteiger partial charge is 0.480 e. The van der Waals surface area contributed by atoms with Crippen molar-refractivity contribution >= 4 is 28.5 Å². The molecule has 0 aliphatic heterocycles. The van der Waals surface area contributed by atoms with Crippen LogP contribution >= 0.6 is 0 Å². The third kappa shape index (κ3) is 2.69. The maximum absolute atomic E-state index is 12.3. The molecule has 3 N–H and O–H groups in total. The van der Waals surface area contributed by atoms with Gasteiger partial charge in [0.1, 0.15) is 12.2 Å². The summed E-state index contributed by atoms with van der Waals surface area (Å²) >= 11 is 0. The Labute approximate surface area is 115 Å². The van der Waals surface area contributed by atoms with Gasteiger partial charge in [0.15, 0.2) is 0 Å². The molecule has 0 fully saturated rings. The minimum Gasteiger partial charge on any atom is -0.480 e. The number of nitrogens with zero attached hydrogens (tertiary/aromatic N) is 2. The van der Waals surface area contributed by atoms with Gasteiger partial charge in [0.2, 0.25) is 0 Å². The first-order chi connectivity index (χ1) is 9.52. The molecule has 1 amide bonds. The van der Waals surface area contributed by atoms with Crippen LogP contribution in [0.4, 0.5) is 5.69 Å². The van der Waals surface area contributed by atoms with Gasteiger partial charge in [0.05, 0.1) is 5.52 Å². The lowest BCUT2D eigenvalue weighted by Crippen LogP contribution is -2.36. The molecular weight excluding hydrogens is 258 g/mol. The normalized spacial score (nSPS) is 10.4. The van der Waals surface area contributed by atoms with E-state index in [0.717, 1.165) is 5.39 Å². The Balaban J connectivity index is 2.41. The van der Waals surface area contributed by atoms with Crippen LogP contribution in [0.25, 0.3) is 10.9 Å². The molecule has 0 saturated carbocycles. The molecule has 0 saturated heterocycles. The number of amides is 1. The highest BCUT2D eigenvalue weighted by Gasteiger charge is 2.19. The average molecular weight is 273 g/mol. The van der Waals surface area contributed by atoms with Crippen LogP contribution in [0.2, 0.25) is 0 Å². The Morgan fingerprint density at radius 3 is 2.70 bits per heavy atom. The lowest BCUT2D eigenvalue weighted by molar-refractivity contribution is -0.137. The number of anilines is 1. The summed E-state index contributed by atoms with van der Waals surface area (Å²) in [5.41, 5.74) is 7.13. The van der Waals surface area contributed by atoms with Crippen molar-refractivity contribution in [1.82, 2.24) is 9.88 Å². The van der Waals surface area contributed by atoms with Crippen molar-refractivity contribution in [1.29, 1.82) is 0 Å². The molecule has 0 bridgehead atoms. The molecule has 0 spiro atoms. The van der Waals surface area contributed by atoms with Crippen molar-refractivity contribution < 1.29 is 14.7 Å². The van der Waals surface area contributed by atoms with Crippen molar-refractivity contribution in [2.24, 2.45) is 0 Å². The third-order valence-electron chi connectivity index (χ3n) is 2.96. The second-order valence-electron chi connectivity index (χ2n) is 4.33. The molecule has 0 atom stereocenters. The van der Waals surface area contributed by atoms with Crippen molar-refractivity contribution in [2.75, 3.05) is 18.8 Å². The fraction of sp³-hybridized carbons (Fsp3) is 0.214. The smallest absolute Gasteiger partial charge is 0.323 e. The van der Waals surface area contributed by atoms with E-state index in [1.807, 2.05) is 12.1 Å². The van der Waals surface area contributed by atoms with E-state index in [-0.39, 0.29) is 12.2 Å². The number of fused-ring (bicyclic) bond motifs is 1. The van der Waals surface area contributed by atoms with Crippen LogP contribution < -0.4 is 5.73 Å². The van der Waals surface area contributed by atoms with Crippen molar-refractivity contribution in [2.45, 2.75) is 6.92 Å². The Morgan fingerprint density at radius 1 is 1.35 bits per heavy atom. The number of pyridine rings is 1. The summed E-state index contributed by atoms with van der Waals surface area (Å²) in [5.74, 6) is -1.50. The maximum atomic E-state index is 12.3. The van der Waals surface area contributed by atoms with Crippen molar-refractivity contribution in [3.8, 4) is 0 Å². The summed E-state index contributed by atoms with van der Waals surface area (Å²) in [6.45, 7) is 1.65. The number of carboxylic acids is 1. The molecule has 1 aromatic heterocycles. The van der Waals surface area contributed by atoms with E-state index in [9.17, 15) is 9.59 Å². The van der Waals surface area contributed by atoms with Gasteiger partial charge in [-0.25, -0.2) is 4.98 Å². The summed E-state index contributed by atoms with van der Waals surface area (Å²) in [5, 5.41) is 9.57. The van der Waals surface area contributed by atoms with Crippen LogP contribution in [-0.4, -0.2) is 40.0 Å². The van der Waals surface area contributed by atoms with Gasteiger partial charge in [-0.2, -0.15) is 0 Å². The molecule has 0 aliphatic rings. The molecule has 2 rings (SSSR count). The van der Waals surface area contributed by atoms with Crippen molar-refractivity contribution in [3.05, 3.63) is 36.0 Å². The molecule has 1 heterocycles. The van der Waals surface area contributed by atoms with E-state index < -0.39 is 11.9 Å². The first kappa shape index (κ1) is 13.8. The molecule has 0 unspecified atom stereocenters. The van der Waals surface area contributed by atoms with Gasteiger partial charge < -0.3 is 15.7 Å². The lowest BCUT2D eigenvalue weighted by Gasteiger charge is -2.18. The second-order valence-corrected chi connectivity index (χ2v) is 4.33. The predicted molar refractivity (Wildman–Crippen MR) is 75.4 cm³/mol. The molecule has 104 valence electrons. The van der Waals surface area contributed by atoms with Gasteiger partial charge in [-0.15, -0.1) is 0 Å². The van der Waals surface area contributed by atoms with E-state index in [0.29, 0.717) is 17.7 Å². The van der Waals surface area contributed by atoms with Gasteiger partial charge in [-0.05, 0) is 19.1 Å². The number of carbonyl (C=O) groups excluding carboxylic acids is 1. The number of aliphatic carboxylic acids is 1. The number of likely N-dealkylation sites (N-methyl/N-ethyl adjacent to an activating group) is 1. The number of rotatable bonds is 4. The number of aromatic nitrogens is 1. The standard InChI is InChI=1S/C14H15N3O3/c1-2-17(8-13(18)19)14(20)12-7-10(15)9-5-3-4-6-11(9)16-12/h3-7H,2,8H2,1H3,(H2,15,16)(H,18,19). The van der Waals surface area contributed by atoms with Crippen LogP contribution in [-0.2, 0) is 4.79 Å². The lowest BCUT2D eigenvalue weighted by atomic mass is 10.1. The van der Waals surface area contributed by atoms with E-state index in [2.05, 4.69) is 4.98 Å². The van der Waals surface area contributed by atoms with E-state index in [1.54, 1.807) is 19.1 Å². The number of para-hydroxylation sites is 1. The van der Waals surface area contributed by atoms with Crippen LogP contribution in [0, 0.1) is 0 Å². The molecular formula is C14H15N3O3. The summed E-state index contributed by atoms with van der Waals surface area (Å²) in [7, 11) is 0. The number of hydrogen-bond donors (Lipinski definition) is 2. The first-order valence-electron chi connectivity index (χ1n) is 6.19. The molecule has 20 heavy (non-hydrogen) atoms. The molecule has 1 aromatic carbocycles. The number of carboxylic acid groups (broad SMARTS) is 1. The number of nitrogen functional groups attached to an aromatic ring is 1. The van der Waals surface area contributed by atoms with Gasteiger partial charge in [-0.1, -0.05) is 18.2 Å².